The van der Waals surface area contributed by atoms with Crippen molar-refractivity contribution in [2.24, 2.45) is 11.1 Å². The molecule has 0 radical (unpaired) electrons. The molecule has 0 aliphatic rings. The van der Waals surface area contributed by atoms with Gasteiger partial charge in [0, 0.05) is 25.9 Å². The van der Waals surface area contributed by atoms with Gasteiger partial charge in [-0.15, -0.1) is 0 Å². The first-order valence-electron chi connectivity index (χ1n) is 8.15. The van der Waals surface area contributed by atoms with Gasteiger partial charge >= 0.3 is 0 Å². The van der Waals surface area contributed by atoms with Crippen molar-refractivity contribution in [2.75, 3.05) is 26.7 Å². The molecule has 0 atom stereocenters. The van der Waals surface area contributed by atoms with Gasteiger partial charge in [-0.25, -0.2) is 4.98 Å². The Morgan fingerprint density at radius 3 is 2.44 bits per heavy atom. The third-order valence-electron chi connectivity index (χ3n) is 3.69. The van der Waals surface area contributed by atoms with Crippen LogP contribution in [0, 0.1) is 5.41 Å². The lowest BCUT2D eigenvalue weighted by Crippen LogP contribution is -2.41. The maximum atomic E-state index is 12.1. The Balaban J connectivity index is 1.84. The zero-order valence-corrected chi connectivity index (χ0v) is 14.9. The normalized spacial score (nSPS) is 11.0. The summed E-state index contributed by atoms with van der Waals surface area (Å²) in [4.78, 5) is 17.9. The van der Waals surface area contributed by atoms with Crippen molar-refractivity contribution in [3.05, 3.63) is 48.7 Å². The fraction of sp³-hybridized carbons (Fsp3) is 0.368. The van der Waals surface area contributed by atoms with Crippen LogP contribution in [0.1, 0.15) is 13.8 Å². The summed E-state index contributed by atoms with van der Waals surface area (Å²) in [6.45, 7) is 5.14. The number of rotatable bonds is 8. The van der Waals surface area contributed by atoms with Crippen molar-refractivity contribution < 1.29 is 14.3 Å². The molecule has 0 aliphatic heterocycles. The highest BCUT2D eigenvalue weighted by molar-refractivity contribution is 5.77. The molecule has 25 heavy (non-hydrogen) atoms. The Kier molecular flexibility index (Phi) is 6.36. The molecule has 1 heterocycles. The van der Waals surface area contributed by atoms with E-state index < -0.39 is 0 Å². The summed E-state index contributed by atoms with van der Waals surface area (Å²) in [5.41, 5.74) is 5.59. The molecule has 1 aromatic carbocycles. The first-order valence-corrected chi connectivity index (χ1v) is 8.15. The van der Waals surface area contributed by atoms with E-state index in [1.165, 1.54) is 0 Å². The summed E-state index contributed by atoms with van der Waals surface area (Å²) in [5, 5.41) is 0. The van der Waals surface area contributed by atoms with Crippen LogP contribution in [0.3, 0.4) is 0 Å². The van der Waals surface area contributed by atoms with E-state index in [1.807, 2.05) is 26.0 Å². The summed E-state index contributed by atoms with van der Waals surface area (Å²) < 4.78 is 11.2. The Bertz CT molecular complexity index is 672. The van der Waals surface area contributed by atoms with Crippen molar-refractivity contribution in [1.29, 1.82) is 0 Å². The zero-order chi connectivity index (χ0) is 18.3. The smallest absolute Gasteiger partial charge is 0.260 e. The lowest BCUT2D eigenvalue weighted by Gasteiger charge is -2.29. The molecule has 0 fully saturated rings. The Morgan fingerprint density at radius 2 is 1.84 bits per heavy atom. The lowest BCUT2D eigenvalue weighted by atomic mass is 9.93. The molecule has 0 spiro atoms. The molecule has 6 heteroatoms. The van der Waals surface area contributed by atoms with E-state index in [1.54, 1.807) is 48.5 Å². The second-order valence-electron chi connectivity index (χ2n) is 6.65. The van der Waals surface area contributed by atoms with E-state index in [4.69, 9.17) is 15.2 Å². The van der Waals surface area contributed by atoms with Crippen molar-refractivity contribution in [2.45, 2.75) is 13.8 Å². The van der Waals surface area contributed by atoms with Crippen LogP contribution < -0.4 is 15.2 Å². The van der Waals surface area contributed by atoms with Crippen LogP contribution >= 0.6 is 0 Å². The van der Waals surface area contributed by atoms with Gasteiger partial charge in [-0.05, 0) is 42.3 Å². The molecule has 0 unspecified atom stereocenters. The van der Waals surface area contributed by atoms with Crippen LogP contribution in [0.4, 0.5) is 0 Å². The van der Waals surface area contributed by atoms with Gasteiger partial charge in [0.25, 0.3) is 5.91 Å². The quantitative estimate of drug-likeness (QED) is 0.797. The second-order valence-corrected chi connectivity index (χ2v) is 6.65. The molecule has 6 nitrogen and oxygen atoms in total. The van der Waals surface area contributed by atoms with Gasteiger partial charge in [0.1, 0.15) is 11.5 Å². The number of nitrogens with zero attached hydrogens (tertiary/aromatic N) is 2. The third kappa shape index (κ3) is 6.08. The van der Waals surface area contributed by atoms with E-state index in [9.17, 15) is 4.79 Å². The van der Waals surface area contributed by atoms with Crippen molar-refractivity contribution in [3.63, 3.8) is 0 Å². The van der Waals surface area contributed by atoms with Crippen LogP contribution in [0.2, 0.25) is 0 Å². The van der Waals surface area contributed by atoms with Crippen LogP contribution in [-0.2, 0) is 4.79 Å². The number of pyridine rings is 1. The summed E-state index contributed by atoms with van der Waals surface area (Å²) in [6, 6.07) is 12.5. The molecule has 2 aromatic rings. The van der Waals surface area contributed by atoms with Gasteiger partial charge < -0.3 is 20.1 Å². The van der Waals surface area contributed by atoms with Gasteiger partial charge in [0.2, 0.25) is 5.88 Å². The number of carbonyl (C=O) groups is 1. The summed E-state index contributed by atoms with van der Waals surface area (Å²) in [5.74, 6) is 1.69. The average Bonchev–Trinajstić information content (AvgIpc) is 2.61. The topological polar surface area (TPSA) is 77.7 Å². The standard InChI is InChI=1S/C19H25N3O3/c1-19(2,13-20)14-22(3)18(23)12-24-15-7-9-16(10-8-15)25-17-6-4-5-11-21-17/h4-11H,12-14,20H2,1-3H3. The predicted octanol–water partition coefficient (Wildman–Crippen LogP) is 2.70. The molecule has 0 saturated heterocycles. The first kappa shape index (κ1) is 18.7. The molecule has 0 aliphatic carbocycles. The van der Waals surface area contributed by atoms with Gasteiger partial charge in [-0.2, -0.15) is 0 Å². The number of nitrogens with two attached hydrogens (primary N) is 1. The fourth-order valence-corrected chi connectivity index (χ4v) is 2.18. The summed E-state index contributed by atoms with van der Waals surface area (Å²) in [6.07, 6.45) is 1.67. The average molecular weight is 343 g/mol. The monoisotopic (exact) mass is 343 g/mol. The highest BCUT2D eigenvalue weighted by Gasteiger charge is 2.21. The molecule has 1 amide bonds. The van der Waals surface area contributed by atoms with E-state index in [-0.39, 0.29) is 17.9 Å². The van der Waals surface area contributed by atoms with E-state index >= 15 is 0 Å². The highest BCUT2D eigenvalue weighted by atomic mass is 16.5. The molecule has 2 rings (SSSR count). The zero-order valence-electron chi connectivity index (χ0n) is 14.9. The molecule has 0 saturated carbocycles. The van der Waals surface area contributed by atoms with Crippen LogP contribution in [-0.4, -0.2) is 42.5 Å². The first-order chi connectivity index (χ1) is 11.9. The minimum Gasteiger partial charge on any atom is -0.484 e. The predicted molar refractivity (Wildman–Crippen MR) is 96.7 cm³/mol. The SMILES string of the molecule is CN(CC(C)(C)CN)C(=O)COc1ccc(Oc2ccccn2)cc1. The van der Waals surface area contributed by atoms with Crippen LogP contribution in [0.15, 0.2) is 48.7 Å². The summed E-state index contributed by atoms with van der Waals surface area (Å²) >= 11 is 0. The molecule has 134 valence electrons. The number of amides is 1. The Labute approximate surface area is 148 Å². The molecular formula is C19H25N3O3. The summed E-state index contributed by atoms with van der Waals surface area (Å²) in [7, 11) is 1.76. The minimum absolute atomic E-state index is 0.0163. The molecule has 1 aromatic heterocycles. The third-order valence-corrected chi connectivity index (χ3v) is 3.69. The maximum absolute atomic E-state index is 12.1. The van der Waals surface area contributed by atoms with Gasteiger partial charge in [0.05, 0.1) is 0 Å². The molecular weight excluding hydrogens is 318 g/mol. The highest BCUT2D eigenvalue weighted by Crippen LogP contribution is 2.22. The number of aromatic nitrogens is 1. The fourth-order valence-electron chi connectivity index (χ4n) is 2.18. The molecule has 0 bridgehead atoms. The number of hydrogen-bond acceptors (Lipinski definition) is 5. The van der Waals surface area contributed by atoms with Crippen LogP contribution in [0.25, 0.3) is 0 Å². The Morgan fingerprint density at radius 1 is 1.16 bits per heavy atom. The van der Waals surface area contributed by atoms with Gasteiger partial charge in [-0.1, -0.05) is 19.9 Å². The number of likely N-dealkylation sites (N-methyl/N-ethyl adjacent to an activating group) is 1. The minimum atomic E-state index is -0.116. The van der Waals surface area contributed by atoms with Gasteiger partial charge in [-0.3, -0.25) is 4.79 Å². The maximum Gasteiger partial charge on any atom is 0.260 e. The van der Waals surface area contributed by atoms with E-state index in [2.05, 4.69) is 4.98 Å². The second kappa shape index (κ2) is 8.48. The number of benzene rings is 1. The van der Waals surface area contributed by atoms with Crippen LogP contribution in [0.5, 0.6) is 17.4 Å². The molecule has 2 N–H and O–H groups in total. The number of carbonyl (C=O) groups excluding carboxylic acids is 1. The Hall–Kier alpha value is -2.60. The lowest BCUT2D eigenvalue weighted by molar-refractivity contribution is -0.133. The van der Waals surface area contributed by atoms with Crippen molar-refractivity contribution in [1.82, 2.24) is 9.88 Å². The van der Waals surface area contributed by atoms with Crippen molar-refractivity contribution >= 4 is 5.91 Å². The van der Waals surface area contributed by atoms with E-state index in [0.29, 0.717) is 30.5 Å². The van der Waals surface area contributed by atoms with E-state index in [0.717, 1.165) is 0 Å². The number of hydrogen-bond donors (Lipinski definition) is 1. The van der Waals surface area contributed by atoms with Crippen molar-refractivity contribution in [3.8, 4) is 17.4 Å². The number of ether oxygens (including phenoxy) is 2. The largest absolute Gasteiger partial charge is 0.484 e. The van der Waals surface area contributed by atoms with Gasteiger partial charge in [0.15, 0.2) is 6.61 Å².